The van der Waals surface area contributed by atoms with Crippen molar-refractivity contribution in [3.8, 4) is 6.07 Å². The molecule has 0 aliphatic rings. The summed E-state index contributed by atoms with van der Waals surface area (Å²) in [6.07, 6.45) is 0.971. The van der Waals surface area contributed by atoms with E-state index in [4.69, 9.17) is 5.26 Å². The number of para-hydroxylation sites is 1. The molecule has 0 atom stereocenters. The van der Waals surface area contributed by atoms with Crippen LogP contribution < -0.4 is 10.6 Å². The van der Waals surface area contributed by atoms with E-state index in [1.165, 1.54) is 6.07 Å². The molecule has 100 valence electrons. The summed E-state index contributed by atoms with van der Waals surface area (Å²) in [5.41, 5.74) is -0.677. The van der Waals surface area contributed by atoms with Crippen LogP contribution in [0.1, 0.15) is 13.8 Å². The SMILES string of the molecule is CC(C)NC(=O)/C(C#N)=C\Nc1c(F)cccc1F. The van der Waals surface area contributed by atoms with Gasteiger partial charge in [-0.05, 0) is 26.0 Å². The molecule has 19 heavy (non-hydrogen) atoms. The Kier molecular flexibility index (Phi) is 5.01. The maximum atomic E-state index is 13.3. The van der Waals surface area contributed by atoms with Crippen molar-refractivity contribution >= 4 is 11.6 Å². The first-order chi connectivity index (χ1) is 8.95. The minimum Gasteiger partial charge on any atom is -0.355 e. The third-order valence-electron chi connectivity index (χ3n) is 2.11. The largest absolute Gasteiger partial charge is 0.355 e. The van der Waals surface area contributed by atoms with Gasteiger partial charge in [0.25, 0.3) is 5.91 Å². The predicted octanol–water partition coefficient (Wildman–Crippen LogP) is 2.31. The second kappa shape index (κ2) is 6.50. The van der Waals surface area contributed by atoms with E-state index in [2.05, 4.69) is 10.6 Å². The van der Waals surface area contributed by atoms with Crippen LogP contribution in [0.2, 0.25) is 0 Å². The molecule has 0 unspecified atom stereocenters. The molecule has 6 heteroatoms. The van der Waals surface area contributed by atoms with E-state index < -0.39 is 23.2 Å². The Balaban J connectivity index is 2.90. The number of halogens is 2. The standard InChI is InChI=1S/C13H13F2N3O/c1-8(2)18-13(19)9(6-16)7-17-12-10(14)4-3-5-11(12)15/h3-5,7-8,17H,1-2H3,(H,18,19)/b9-7-. The third-order valence-corrected chi connectivity index (χ3v) is 2.11. The van der Waals surface area contributed by atoms with Crippen LogP contribution >= 0.6 is 0 Å². The highest BCUT2D eigenvalue weighted by atomic mass is 19.1. The fourth-order valence-corrected chi connectivity index (χ4v) is 1.27. The van der Waals surface area contributed by atoms with Crippen molar-refractivity contribution in [1.82, 2.24) is 5.32 Å². The minimum absolute atomic E-state index is 0.144. The van der Waals surface area contributed by atoms with Gasteiger partial charge < -0.3 is 10.6 Å². The zero-order chi connectivity index (χ0) is 14.4. The first kappa shape index (κ1) is 14.6. The van der Waals surface area contributed by atoms with Crippen molar-refractivity contribution in [2.24, 2.45) is 0 Å². The lowest BCUT2D eigenvalue weighted by Gasteiger charge is -2.08. The number of hydrogen-bond acceptors (Lipinski definition) is 3. The quantitative estimate of drug-likeness (QED) is 0.648. The summed E-state index contributed by atoms with van der Waals surface area (Å²) in [6.45, 7) is 3.47. The maximum Gasteiger partial charge on any atom is 0.263 e. The molecule has 1 amide bonds. The molecule has 1 rings (SSSR count). The van der Waals surface area contributed by atoms with Crippen molar-refractivity contribution in [3.05, 3.63) is 41.6 Å². The van der Waals surface area contributed by atoms with Gasteiger partial charge in [-0.25, -0.2) is 8.78 Å². The molecule has 4 nitrogen and oxygen atoms in total. The number of hydrogen-bond donors (Lipinski definition) is 2. The summed E-state index contributed by atoms with van der Waals surface area (Å²) in [6, 6.07) is 4.87. The highest BCUT2D eigenvalue weighted by Gasteiger charge is 2.11. The van der Waals surface area contributed by atoms with Gasteiger partial charge in [-0.1, -0.05) is 6.07 Å². The number of carbonyl (C=O) groups is 1. The Hall–Kier alpha value is -2.42. The molecule has 0 aromatic heterocycles. The van der Waals surface area contributed by atoms with Gasteiger partial charge in [-0.2, -0.15) is 5.26 Å². The molecule has 0 radical (unpaired) electrons. The van der Waals surface area contributed by atoms with E-state index >= 15 is 0 Å². The smallest absolute Gasteiger partial charge is 0.263 e. The van der Waals surface area contributed by atoms with Crippen molar-refractivity contribution in [1.29, 1.82) is 5.26 Å². The molecule has 0 aliphatic heterocycles. The number of nitriles is 1. The van der Waals surface area contributed by atoms with Gasteiger partial charge in [-0.3, -0.25) is 4.79 Å². The van der Waals surface area contributed by atoms with Gasteiger partial charge in [0.05, 0.1) is 0 Å². The lowest BCUT2D eigenvalue weighted by molar-refractivity contribution is -0.117. The molecule has 1 aromatic rings. The number of nitrogens with one attached hydrogen (secondary N) is 2. The zero-order valence-corrected chi connectivity index (χ0v) is 10.5. The molecular formula is C13H13F2N3O. The van der Waals surface area contributed by atoms with Gasteiger partial charge in [0.1, 0.15) is 29.0 Å². The van der Waals surface area contributed by atoms with Crippen molar-refractivity contribution < 1.29 is 13.6 Å². The fourth-order valence-electron chi connectivity index (χ4n) is 1.27. The number of rotatable bonds is 4. The third kappa shape index (κ3) is 4.07. The van der Waals surface area contributed by atoms with E-state index in [1.807, 2.05) is 0 Å². The normalized spacial score (nSPS) is 11.1. The summed E-state index contributed by atoms with van der Waals surface area (Å²) in [4.78, 5) is 11.5. The van der Waals surface area contributed by atoms with Gasteiger partial charge in [0, 0.05) is 12.2 Å². The average molecular weight is 265 g/mol. The minimum atomic E-state index is -0.808. The molecule has 0 heterocycles. The highest BCUT2D eigenvalue weighted by molar-refractivity contribution is 5.97. The van der Waals surface area contributed by atoms with Crippen molar-refractivity contribution in [2.45, 2.75) is 19.9 Å². The number of benzene rings is 1. The van der Waals surface area contributed by atoms with Gasteiger partial charge in [0.15, 0.2) is 0 Å². The van der Waals surface area contributed by atoms with Gasteiger partial charge in [-0.15, -0.1) is 0 Å². The number of amides is 1. The van der Waals surface area contributed by atoms with E-state index in [-0.39, 0.29) is 11.6 Å². The molecule has 0 fully saturated rings. The molecular weight excluding hydrogens is 252 g/mol. The summed E-state index contributed by atoms with van der Waals surface area (Å²) >= 11 is 0. The Bertz CT molecular complexity index is 527. The van der Waals surface area contributed by atoms with Crippen LogP contribution in [-0.4, -0.2) is 11.9 Å². The number of anilines is 1. The Morgan fingerprint density at radius 3 is 2.42 bits per heavy atom. The summed E-state index contributed by atoms with van der Waals surface area (Å²) in [7, 11) is 0. The molecule has 0 aliphatic carbocycles. The first-order valence-electron chi connectivity index (χ1n) is 5.57. The average Bonchev–Trinajstić information content (AvgIpc) is 2.32. The van der Waals surface area contributed by atoms with E-state index in [1.54, 1.807) is 19.9 Å². The van der Waals surface area contributed by atoms with E-state index in [0.717, 1.165) is 18.3 Å². The second-order valence-corrected chi connectivity index (χ2v) is 4.04. The fraction of sp³-hybridized carbons (Fsp3) is 0.231. The molecule has 0 saturated carbocycles. The summed E-state index contributed by atoms with van der Waals surface area (Å²) < 4.78 is 26.6. The lowest BCUT2D eigenvalue weighted by atomic mass is 10.2. The van der Waals surface area contributed by atoms with Crippen LogP contribution in [-0.2, 0) is 4.79 Å². The van der Waals surface area contributed by atoms with Crippen LogP contribution in [0.3, 0.4) is 0 Å². The number of nitrogens with zero attached hydrogens (tertiary/aromatic N) is 1. The van der Waals surface area contributed by atoms with E-state index in [0.29, 0.717) is 0 Å². The zero-order valence-electron chi connectivity index (χ0n) is 10.5. The van der Waals surface area contributed by atoms with Gasteiger partial charge in [0.2, 0.25) is 0 Å². The van der Waals surface area contributed by atoms with Crippen LogP contribution in [0.25, 0.3) is 0 Å². The molecule has 2 N–H and O–H groups in total. The van der Waals surface area contributed by atoms with Gasteiger partial charge >= 0.3 is 0 Å². The molecule has 0 bridgehead atoms. The van der Waals surface area contributed by atoms with E-state index in [9.17, 15) is 13.6 Å². The van der Waals surface area contributed by atoms with Crippen molar-refractivity contribution in [2.75, 3.05) is 5.32 Å². The van der Waals surface area contributed by atoms with Crippen LogP contribution in [0, 0.1) is 23.0 Å². The Labute approximate surface area is 109 Å². The van der Waals surface area contributed by atoms with Crippen LogP contribution in [0.4, 0.5) is 14.5 Å². The lowest BCUT2D eigenvalue weighted by Crippen LogP contribution is -2.31. The van der Waals surface area contributed by atoms with Crippen LogP contribution in [0.15, 0.2) is 30.0 Å². The second-order valence-electron chi connectivity index (χ2n) is 4.04. The monoisotopic (exact) mass is 265 g/mol. The van der Waals surface area contributed by atoms with Crippen molar-refractivity contribution in [3.63, 3.8) is 0 Å². The Morgan fingerprint density at radius 1 is 1.37 bits per heavy atom. The highest BCUT2D eigenvalue weighted by Crippen LogP contribution is 2.18. The van der Waals surface area contributed by atoms with Crippen LogP contribution in [0.5, 0.6) is 0 Å². The Morgan fingerprint density at radius 2 is 1.95 bits per heavy atom. The molecule has 0 spiro atoms. The summed E-state index contributed by atoms with van der Waals surface area (Å²) in [5.74, 6) is -2.22. The predicted molar refractivity (Wildman–Crippen MR) is 67.0 cm³/mol. The maximum absolute atomic E-state index is 13.3. The molecule has 1 aromatic carbocycles. The molecule has 0 saturated heterocycles. The first-order valence-corrected chi connectivity index (χ1v) is 5.57. The summed E-state index contributed by atoms with van der Waals surface area (Å²) in [5, 5.41) is 13.6. The topological polar surface area (TPSA) is 64.9 Å². The number of carbonyl (C=O) groups excluding carboxylic acids is 1.